The third-order valence-electron chi connectivity index (χ3n) is 3.98. The molecule has 0 aromatic carbocycles. The number of aromatic nitrogens is 2. The lowest BCUT2D eigenvalue weighted by molar-refractivity contribution is 0.247. The van der Waals surface area contributed by atoms with E-state index >= 15 is 0 Å². The lowest BCUT2D eigenvalue weighted by atomic mass is 10.2. The second-order valence-corrected chi connectivity index (χ2v) is 5.27. The van der Waals surface area contributed by atoms with Crippen LogP contribution in [-0.2, 0) is 7.05 Å². The largest absolute Gasteiger partial charge is 0.353 e. The summed E-state index contributed by atoms with van der Waals surface area (Å²) in [7, 11) is 1.93. The van der Waals surface area contributed by atoms with E-state index in [2.05, 4.69) is 21.0 Å². The number of hydrogen-bond donors (Lipinski definition) is 0. The molecule has 1 aromatic heterocycles. The fraction of sp³-hybridized carbons (Fsp3) is 0.692. The Bertz CT molecular complexity index is 486. The second-order valence-electron chi connectivity index (χ2n) is 5.27. The molecule has 0 spiro atoms. The summed E-state index contributed by atoms with van der Waals surface area (Å²) in [5.41, 5.74) is 1.57. The van der Waals surface area contributed by atoms with E-state index in [4.69, 9.17) is 0 Å². The Morgan fingerprint density at radius 3 is 2.44 bits per heavy atom. The standard InChI is InChI=1S/C13H19N5/c1-10-12(9-14)13(16(2)15-10)18-7-5-17(6-8-18)11-3-4-11/h11H,3-8H2,1-2H3. The van der Waals surface area contributed by atoms with Crippen molar-refractivity contribution in [2.75, 3.05) is 31.1 Å². The summed E-state index contributed by atoms with van der Waals surface area (Å²) >= 11 is 0. The Balaban J connectivity index is 1.78. The van der Waals surface area contributed by atoms with E-state index in [9.17, 15) is 5.26 Å². The molecule has 0 unspecified atom stereocenters. The fourth-order valence-electron chi connectivity index (χ4n) is 2.88. The Hall–Kier alpha value is -1.54. The van der Waals surface area contributed by atoms with Crippen LogP contribution in [0.25, 0.3) is 0 Å². The maximum atomic E-state index is 9.25. The molecular weight excluding hydrogens is 226 g/mol. The summed E-state index contributed by atoms with van der Waals surface area (Å²) < 4.78 is 1.85. The second kappa shape index (κ2) is 4.29. The number of nitrogens with zero attached hydrogens (tertiary/aromatic N) is 5. The number of piperazine rings is 1. The Morgan fingerprint density at radius 2 is 1.89 bits per heavy atom. The third kappa shape index (κ3) is 1.87. The molecule has 1 saturated heterocycles. The number of hydrogen-bond acceptors (Lipinski definition) is 4. The molecule has 1 aliphatic heterocycles. The molecule has 0 N–H and O–H groups in total. The van der Waals surface area contributed by atoms with E-state index in [1.807, 2.05) is 18.7 Å². The van der Waals surface area contributed by atoms with Gasteiger partial charge in [0.15, 0.2) is 0 Å². The maximum Gasteiger partial charge on any atom is 0.145 e. The molecule has 2 fully saturated rings. The molecule has 2 aliphatic rings. The van der Waals surface area contributed by atoms with Crippen LogP contribution >= 0.6 is 0 Å². The smallest absolute Gasteiger partial charge is 0.145 e. The van der Waals surface area contributed by atoms with Gasteiger partial charge in [0.2, 0.25) is 0 Å². The minimum atomic E-state index is 0.734. The first-order chi connectivity index (χ1) is 8.70. The molecule has 0 amide bonds. The number of nitriles is 1. The molecule has 1 aromatic rings. The Labute approximate surface area is 108 Å². The van der Waals surface area contributed by atoms with Gasteiger partial charge in [0.25, 0.3) is 0 Å². The van der Waals surface area contributed by atoms with E-state index in [1.165, 1.54) is 12.8 Å². The van der Waals surface area contributed by atoms with Crippen molar-refractivity contribution in [1.82, 2.24) is 14.7 Å². The van der Waals surface area contributed by atoms with Gasteiger partial charge in [-0.25, -0.2) is 0 Å². The van der Waals surface area contributed by atoms with Crippen molar-refractivity contribution < 1.29 is 0 Å². The quantitative estimate of drug-likeness (QED) is 0.776. The SMILES string of the molecule is Cc1nn(C)c(N2CCN(C3CC3)CC2)c1C#N. The predicted octanol–water partition coefficient (Wildman–Crippen LogP) is 0.885. The average molecular weight is 245 g/mol. The van der Waals surface area contributed by atoms with Gasteiger partial charge in [-0.1, -0.05) is 0 Å². The summed E-state index contributed by atoms with van der Waals surface area (Å²) in [6.45, 7) is 6.14. The monoisotopic (exact) mass is 245 g/mol. The lowest BCUT2D eigenvalue weighted by Crippen LogP contribution is -2.48. The fourth-order valence-corrected chi connectivity index (χ4v) is 2.88. The molecular formula is C13H19N5. The van der Waals surface area contributed by atoms with Crippen LogP contribution in [0.3, 0.4) is 0 Å². The first kappa shape index (κ1) is 11.5. The zero-order valence-corrected chi connectivity index (χ0v) is 11.1. The highest BCUT2D eigenvalue weighted by molar-refractivity contribution is 5.57. The van der Waals surface area contributed by atoms with Crippen LogP contribution in [0, 0.1) is 18.3 Å². The van der Waals surface area contributed by atoms with E-state index in [0.29, 0.717) is 0 Å². The van der Waals surface area contributed by atoms with Gasteiger partial charge in [-0.2, -0.15) is 10.4 Å². The maximum absolute atomic E-state index is 9.25. The summed E-state index contributed by atoms with van der Waals surface area (Å²) in [6, 6.07) is 3.13. The van der Waals surface area contributed by atoms with Crippen molar-refractivity contribution in [2.24, 2.45) is 7.05 Å². The normalized spacial score (nSPS) is 21.1. The van der Waals surface area contributed by atoms with Crippen LogP contribution in [0.1, 0.15) is 24.1 Å². The zero-order valence-electron chi connectivity index (χ0n) is 11.1. The van der Waals surface area contributed by atoms with E-state index in [0.717, 1.165) is 49.3 Å². The van der Waals surface area contributed by atoms with Gasteiger partial charge < -0.3 is 4.90 Å². The van der Waals surface area contributed by atoms with E-state index in [1.54, 1.807) is 0 Å². The number of anilines is 1. The topological polar surface area (TPSA) is 48.1 Å². The minimum Gasteiger partial charge on any atom is -0.353 e. The van der Waals surface area contributed by atoms with Gasteiger partial charge in [-0.3, -0.25) is 9.58 Å². The summed E-state index contributed by atoms with van der Waals surface area (Å²) in [5, 5.41) is 13.6. The van der Waals surface area contributed by atoms with Gasteiger partial charge >= 0.3 is 0 Å². The molecule has 1 aliphatic carbocycles. The highest BCUT2D eigenvalue weighted by Gasteiger charge is 2.32. The van der Waals surface area contributed by atoms with Crippen LogP contribution in [0.4, 0.5) is 5.82 Å². The van der Waals surface area contributed by atoms with Crippen LogP contribution in [0.5, 0.6) is 0 Å². The molecule has 96 valence electrons. The van der Waals surface area contributed by atoms with Crippen molar-refractivity contribution in [3.05, 3.63) is 11.3 Å². The van der Waals surface area contributed by atoms with Gasteiger partial charge in [0.05, 0.1) is 5.69 Å². The van der Waals surface area contributed by atoms with Crippen LogP contribution in [0.2, 0.25) is 0 Å². The van der Waals surface area contributed by atoms with Crippen LogP contribution in [0.15, 0.2) is 0 Å². The molecule has 5 nitrogen and oxygen atoms in total. The van der Waals surface area contributed by atoms with Gasteiger partial charge in [0, 0.05) is 39.3 Å². The first-order valence-electron chi connectivity index (χ1n) is 6.63. The minimum absolute atomic E-state index is 0.734. The highest BCUT2D eigenvalue weighted by atomic mass is 15.4. The van der Waals surface area contributed by atoms with Crippen molar-refractivity contribution >= 4 is 5.82 Å². The number of aryl methyl sites for hydroxylation is 2. The molecule has 2 heterocycles. The Morgan fingerprint density at radius 1 is 1.22 bits per heavy atom. The van der Waals surface area contributed by atoms with Crippen molar-refractivity contribution in [2.45, 2.75) is 25.8 Å². The zero-order chi connectivity index (χ0) is 12.7. The molecule has 3 rings (SSSR count). The molecule has 0 radical (unpaired) electrons. The Kier molecular flexibility index (Phi) is 2.75. The van der Waals surface area contributed by atoms with Crippen molar-refractivity contribution in [1.29, 1.82) is 5.26 Å². The van der Waals surface area contributed by atoms with E-state index in [-0.39, 0.29) is 0 Å². The van der Waals surface area contributed by atoms with Gasteiger partial charge in [-0.15, -0.1) is 0 Å². The van der Waals surface area contributed by atoms with Gasteiger partial charge in [0.1, 0.15) is 17.5 Å². The molecule has 0 atom stereocenters. The lowest BCUT2D eigenvalue weighted by Gasteiger charge is -2.36. The van der Waals surface area contributed by atoms with E-state index < -0.39 is 0 Å². The van der Waals surface area contributed by atoms with Crippen LogP contribution < -0.4 is 4.90 Å². The summed E-state index contributed by atoms with van der Waals surface area (Å²) in [6.07, 6.45) is 2.74. The van der Waals surface area contributed by atoms with Gasteiger partial charge in [-0.05, 0) is 19.8 Å². The molecule has 5 heteroatoms. The van der Waals surface area contributed by atoms with Crippen LogP contribution in [-0.4, -0.2) is 46.9 Å². The number of rotatable bonds is 2. The molecule has 1 saturated carbocycles. The average Bonchev–Trinajstić information content (AvgIpc) is 3.16. The third-order valence-corrected chi connectivity index (χ3v) is 3.98. The molecule has 18 heavy (non-hydrogen) atoms. The first-order valence-corrected chi connectivity index (χ1v) is 6.63. The predicted molar refractivity (Wildman–Crippen MR) is 69.5 cm³/mol. The summed E-state index contributed by atoms with van der Waals surface area (Å²) in [5.74, 6) is 0.991. The highest BCUT2D eigenvalue weighted by Crippen LogP contribution is 2.29. The van der Waals surface area contributed by atoms with Crippen molar-refractivity contribution in [3.8, 4) is 6.07 Å². The summed E-state index contributed by atoms with van der Waals surface area (Å²) in [4.78, 5) is 4.88. The van der Waals surface area contributed by atoms with Crippen molar-refractivity contribution in [3.63, 3.8) is 0 Å². The molecule has 0 bridgehead atoms.